The first-order valence-corrected chi connectivity index (χ1v) is 14.0. The maximum Gasteiger partial charge on any atom is 0.320 e. The number of pyridine rings is 1. The number of nitrogens with one attached hydrogen (secondary N) is 2. The summed E-state index contributed by atoms with van der Waals surface area (Å²) in [5.74, 6) is 2.21. The van der Waals surface area contributed by atoms with Gasteiger partial charge in [-0.15, -0.1) is 10.2 Å². The first-order valence-electron chi connectivity index (χ1n) is 14.0. The van der Waals surface area contributed by atoms with Gasteiger partial charge in [0.1, 0.15) is 24.0 Å². The summed E-state index contributed by atoms with van der Waals surface area (Å²) in [5, 5.41) is 14.9. The van der Waals surface area contributed by atoms with Crippen LogP contribution in [0.25, 0.3) is 5.65 Å². The Balaban J connectivity index is 1.18. The zero-order valence-corrected chi connectivity index (χ0v) is 23.5. The lowest BCUT2D eigenvalue weighted by Gasteiger charge is -2.32. The minimum absolute atomic E-state index is 0.125. The molecule has 1 aromatic carbocycles. The first kappa shape index (κ1) is 26.2. The molecule has 1 fully saturated rings. The zero-order valence-electron chi connectivity index (χ0n) is 23.5. The maximum atomic E-state index is 13.0. The molecular formula is C30H36N8O2. The number of fused-ring (bicyclic) bond motifs is 2. The molecule has 2 N–H and O–H groups in total. The number of urea groups is 1. The van der Waals surface area contributed by atoms with Gasteiger partial charge in [0.15, 0.2) is 11.5 Å². The minimum Gasteiger partial charge on any atom is -0.484 e. The van der Waals surface area contributed by atoms with E-state index in [4.69, 9.17) is 4.74 Å². The molecule has 0 unspecified atom stereocenters. The lowest BCUT2D eigenvalue weighted by atomic mass is 9.85. The molecule has 208 valence electrons. The maximum absolute atomic E-state index is 13.0. The first-order chi connectivity index (χ1) is 19.3. The van der Waals surface area contributed by atoms with E-state index in [9.17, 15) is 4.79 Å². The van der Waals surface area contributed by atoms with E-state index < -0.39 is 0 Å². The summed E-state index contributed by atoms with van der Waals surface area (Å²) in [5.41, 5.74) is 3.69. The number of ether oxygens (including phenoxy) is 1. The van der Waals surface area contributed by atoms with Crippen molar-refractivity contribution in [3.63, 3.8) is 0 Å². The molecule has 1 aliphatic carbocycles. The van der Waals surface area contributed by atoms with Crippen molar-refractivity contribution in [3.8, 4) is 5.75 Å². The van der Waals surface area contributed by atoms with Gasteiger partial charge in [0, 0.05) is 11.5 Å². The number of amides is 2. The molecular weight excluding hydrogens is 504 g/mol. The third-order valence-corrected chi connectivity index (χ3v) is 7.92. The van der Waals surface area contributed by atoms with Crippen LogP contribution in [0.3, 0.4) is 0 Å². The summed E-state index contributed by atoms with van der Waals surface area (Å²) in [6.45, 7) is 7.30. The Labute approximate surface area is 234 Å². The number of carbonyl (C=O) groups excluding carboxylic acids is 1. The van der Waals surface area contributed by atoms with Crippen LogP contribution in [-0.4, -0.2) is 49.1 Å². The van der Waals surface area contributed by atoms with Gasteiger partial charge >= 0.3 is 6.03 Å². The molecule has 2 aliphatic rings. The summed E-state index contributed by atoms with van der Waals surface area (Å²) in [6, 6.07) is 13.7. The van der Waals surface area contributed by atoms with Crippen molar-refractivity contribution in [1.82, 2.24) is 34.8 Å². The van der Waals surface area contributed by atoms with Gasteiger partial charge in [-0.25, -0.2) is 14.8 Å². The fourth-order valence-electron chi connectivity index (χ4n) is 5.76. The Morgan fingerprint density at radius 2 is 1.85 bits per heavy atom. The summed E-state index contributed by atoms with van der Waals surface area (Å²) in [7, 11) is 2.14. The Hall–Kier alpha value is -4.05. The van der Waals surface area contributed by atoms with Gasteiger partial charge < -0.3 is 10.1 Å². The van der Waals surface area contributed by atoms with Crippen LogP contribution in [0.4, 0.5) is 10.6 Å². The molecule has 40 heavy (non-hydrogen) atoms. The second-order valence-corrected chi connectivity index (χ2v) is 11.8. The number of benzene rings is 1. The smallest absolute Gasteiger partial charge is 0.320 e. The van der Waals surface area contributed by atoms with Crippen molar-refractivity contribution in [2.24, 2.45) is 0 Å². The van der Waals surface area contributed by atoms with Crippen molar-refractivity contribution in [1.29, 1.82) is 0 Å². The highest BCUT2D eigenvalue weighted by Crippen LogP contribution is 2.39. The van der Waals surface area contributed by atoms with Gasteiger partial charge in [0.2, 0.25) is 0 Å². The third kappa shape index (κ3) is 5.23. The van der Waals surface area contributed by atoms with Crippen LogP contribution in [0.5, 0.6) is 5.75 Å². The van der Waals surface area contributed by atoms with E-state index >= 15 is 0 Å². The molecule has 1 aliphatic heterocycles. The summed E-state index contributed by atoms with van der Waals surface area (Å²) in [6.07, 6.45) is 7.12. The molecule has 4 heterocycles. The van der Waals surface area contributed by atoms with Gasteiger partial charge in [-0.05, 0) is 62.5 Å². The Kier molecular flexibility index (Phi) is 6.87. The van der Waals surface area contributed by atoms with Crippen LogP contribution in [0, 0.1) is 0 Å². The van der Waals surface area contributed by atoms with Crippen molar-refractivity contribution in [2.75, 3.05) is 18.9 Å². The average Bonchev–Trinajstić information content (AvgIpc) is 3.55. The lowest BCUT2D eigenvalue weighted by molar-refractivity contribution is 0.171. The quantitative estimate of drug-likeness (QED) is 0.351. The van der Waals surface area contributed by atoms with Crippen molar-refractivity contribution in [3.05, 3.63) is 77.6 Å². The van der Waals surface area contributed by atoms with Gasteiger partial charge in [-0.2, -0.15) is 0 Å². The van der Waals surface area contributed by atoms with Gasteiger partial charge in [-0.3, -0.25) is 14.6 Å². The highest BCUT2D eigenvalue weighted by molar-refractivity contribution is 5.88. The fraction of sp³-hybridized carbons (Fsp3) is 0.433. The van der Waals surface area contributed by atoms with E-state index in [1.54, 1.807) is 0 Å². The summed E-state index contributed by atoms with van der Waals surface area (Å²) >= 11 is 0. The minimum atomic E-state index is -0.291. The molecule has 2 amide bonds. The summed E-state index contributed by atoms with van der Waals surface area (Å²) < 4.78 is 8.62. The van der Waals surface area contributed by atoms with Crippen LogP contribution >= 0.6 is 0 Å². The highest BCUT2D eigenvalue weighted by atomic mass is 16.5. The third-order valence-electron chi connectivity index (χ3n) is 7.92. The van der Waals surface area contributed by atoms with Crippen LogP contribution in [0.2, 0.25) is 0 Å². The van der Waals surface area contributed by atoms with Gasteiger partial charge in [0.05, 0.1) is 24.0 Å². The molecule has 0 saturated carbocycles. The largest absolute Gasteiger partial charge is 0.484 e. The van der Waals surface area contributed by atoms with Crippen molar-refractivity contribution < 1.29 is 9.53 Å². The summed E-state index contributed by atoms with van der Waals surface area (Å²) in [4.78, 5) is 23.9. The monoisotopic (exact) mass is 540 g/mol. The zero-order chi connectivity index (χ0) is 27.9. The van der Waals surface area contributed by atoms with Crippen molar-refractivity contribution in [2.45, 2.75) is 70.1 Å². The Morgan fingerprint density at radius 3 is 2.62 bits per heavy atom. The van der Waals surface area contributed by atoms with Crippen molar-refractivity contribution >= 4 is 17.5 Å². The number of carbonyl (C=O) groups is 1. The van der Waals surface area contributed by atoms with E-state index in [2.05, 4.69) is 80.1 Å². The second kappa shape index (κ2) is 10.5. The number of hydrogen-bond acceptors (Lipinski definition) is 7. The standard InChI is InChI=1S/C30H36N8O2/c1-30(2,3)25-16-26(32-18-31-25)34-29(39)33-22-12-13-24(21-9-6-5-8-20(21)22)40-19-11-14-27-35-36-28(38(27)17-19)23-10-7-15-37(23)4/h5-6,8-9,11,14,16-18,22-24H,7,10,12-13,15H2,1-4H3,(H2,31,32,33,34,39)/t22-,23-,24+/m0/s1. The predicted molar refractivity (Wildman–Crippen MR) is 152 cm³/mol. The van der Waals surface area contributed by atoms with Crippen LogP contribution in [0.15, 0.2) is 55.0 Å². The molecule has 6 rings (SSSR count). The molecule has 3 aromatic heterocycles. The SMILES string of the molecule is CN1CCC[C@H]1c1nnc2ccc(O[C@@H]3CC[C@H](NC(=O)Nc4cc(C(C)(C)C)ncn4)c4ccccc43)cn12. The van der Waals surface area contributed by atoms with Crippen LogP contribution in [0.1, 0.15) is 87.3 Å². The number of rotatable bonds is 5. The van der Waals surface area contributed by atoms with Gasteiger partial charge in [-0.1, -0.05) is 45.0 Å². The Bertz CT molecular complexity index is 1530. The van der Waals surface area contributed by atoms with Gasteiger partial charge in [0.25, 0.3) is 0 Å². The molecule has 1 saturated heterocycles. The molecule has 10 heteroatoms. The van der Waals surface area contributed by atoms with Crippen LogP contribution < -0.4 is 15.4 Å². The molecule has 3 atom stereocenters. The number of aromatic nitrogens is 5. The normalized spacial score (nSPS) is 21.2. The fourth-order valence-corrected chi connectivity index (χ4v) is 5.76. The Morgan fingerprint density at radius 1 is 1.02 bits per heavy atom. The topological polar surface area (TPSA) is 110 Å². The highest BCUT2D eigenvalue weighted by Gasteiger charge is 2.30. The average molecular weight is 541 g/mol. The lowest BCUT2D eigenvalue weighted by Crippen LogP contribution is -2.35. The van der Waals surface area contributed by atoms with E-state index in [0.29, 0.717) is 5.82 Å². The number of nitrogens with zero attached hydrogens (tertiary/aromatic N) is 6. The second-order valence-electron chi connectivity index (χ2n) is 11.8. The molecule has 10 nitrogen and oxygen atoms in total. The van der Waals surface area contributed by atoms with E-state index in [1.165, 1.54) is 6.33 Å². The molecule has 0 radical (unpaired) electrons. The van der Waals surface area contributed by atoms with Crippen LogP contribution in [-0.2, 0) is 5.41 Å². The molecule has 0 bridgehead atoms. The van der Waals surface area contributed by atoms with E-state index in [1.807, 2.05) is 36.5 Å². The molecule has 0 spiro atoms. The molecule has 4 aromatic rings. The predicted octanol–water partition coefficient (Wildman–Crippen LogP) is 5.36. The number of hydrogen-bond donors (Lipinski definition) is 2. The number of anilines is 1. The number of likely N-dealkylation sites (tertiary alicyclic amines) is 1. The van der Waals surface area contributed by atoms with E-state index in [-0.39, 0.29) is 29.6 Å². The van der Waals surface area contributed by atoms with E-state index in [0.717, 1.165) is 66.3 Å².